The third-order valence-electron chi connectivity index (χ3n) is 1.13. The third-order valence-corrected chi connectivity index (χ3v) is 1.13. The zero-order chi connectivity index (χ0) is 9.56. The molecule has 1 heterocycles. The molecule has 0 aliphatic rings. The van der Waals surface area contributed by atoms with Crippen LogP contribution in [-0.4, -0.2) is 21.3 Å². The lowest BCUT2D eigenvalue weighted by atomic mass is 10.2. The zero-order valence-electron chi connectivity index (χ0n) is 7.40. The zero-order valence-corrected chi connectivity index (χ0v) is 7.40. The van der Waals surface area contributed by atoms with E-state index in [2.05, 4.69) is 10.2 Å². The van der Waals surface area contributed by atoms with Gasteiger partial charge in [0.05, 0.1) is 0 Å². The van der Waals surface area contributed by atoms with Crippen molar-refractivity contribution in [3.63, 3.8) is 0 Å². The highest BCUT2D eigenvalue weighted by Gasteiger charge is 2.06. The molecule has 0 bridgehead atoms. The van der Waals surface area contributed by atoms with Crippen molar-refractivity contribution in [3.8, 4) is 0 Å². The van der Waals surface area contributed by atoms with Crippen LogP contribution in [0, 0.1) is 6.92 Å². The molecule has 66 valence electrons. The molecule has 12 heavy (non-hydrogen) atoms. The summed E-state index contributed by atoms with van der Waals surface area (Å²) in [4.78, 5) is 10.3. The van der Waals surface area contributed by atoms with Crippen molar-refractivity contribution in [1.82, 2.24) is 10.2 Å². The Hall–Kier alpha value is -1.45. The molecule has 0 unspecified atom stereocenters. The summed E-state index contributed by atoms with van der Waals surface area (Å²) in [5.41, 5.74) is 0.644. The quantitative estimate of drug-likeness (QED) is 0.690. The molecule has 0 atom stereocenters. The maximum absolute atomic E-state index is 10.3. The number of aryl methyl sites for hydroxylation is 1. The molecule has 1 rings (SSSR count). The number of aromatic carboxylic acids is 1. The lowest BCUT2D eigenvalue weighted by Gasteiger charge is -1.93. The van der Waals surface area contributed by atoms with Crippen LogP contribution in [0.3, 0.4) is 0 Å². The third kappa shape index (κ3) is 2.65. The lowest BCUT2D eigenvalue weighted by molar-refractivity contribution is 0.0688. The summed E-state index contributed by atoms with van der Waals surface area (Å²) in [6, 6.07) is 1.61. The van der Waals surface area contributed by atoms with Crippen LogP contribution in [-0.2, 0) is 0 Å². The number of hydrogen-bond donors (Lipinski definition) is 1. The van der Waals surface area contributed by atoms with Crippen LogP contribution in [0.15, 0.2) is 12.3 Å². The molecule has 4 heteroatoms. The van der Waals surface area contributed by atoms with Gasteiger partial charge in [-0.05, 0) is 18.6 Å². The Bertz CT molecular complexity index is 261. The van der Waals surface area contributed by atoms with Crippen LogP contribution < -0.4 is 0 Å². The monoisotopic (exact) mass is 168 g/mol. The number of carbonyl (C=O) groups is 1. The van der Waals surface area contributed by atoms with Crippen LogP contribution in [0.2, 0.25) is 0 Å². The molecule has 0 spiro atoms. The molecule has 4 nitrogen and oxygen atoms in total. The van der Waals surface area contributed by atoms with Crippen LogP contribution in [0.5, 0.6) is 0 Å². The topological polar surface area (TPSA) is 63.1 Å². The van der Waals surface area contributed by atoms with Crippen molar-refractivity contribution in [3.05, 3.63) is 23.5 Å². The predicted molar refractivity (Wildman–Crippen MR) is 45.1 cm³/mol. The molecule has 0 aliphatic heterocycles. The first-order valence-electron chi connectivity index (χ1n) is 3.73. The van der Waals surface area contributed by atoms with Crippen LogP contribution in [0.1, 0.15) is 29.9 Å². The molecule has 0 radical (unpaired) electrons. The Balaban J connectivity index is 0.000000561. The molecule has 1 N–H and O–H groups in total. The van der Waals surface area contributed by atoms with Crippen molar-refractivity contribution in [1.29, 1.82) is 0 Å². The Morgan fingerprint density at radius 3 is 2.42 bits per heavy atom. The molecule has 0 fully saturated rings. The second-order valence-electron chi connectivity index (χ2n) is 1.87. The average molecular weight is 168 g/mol. The fourth-order valence-corrected chi connectivity index (χ4v) is 0.605. The summed E-state index contributed by atoms with van der Waals surface area (Å²) < 4.78 is 0. The predicted octanol–water partition coefficient (Wildman–Crippen LogP) is 1.51. The Morgan fingerprint density at radius 1 is 1.50 bits per heavy atom. The number of carboxylic acid groups (broad SMARTS) is 1. The van der Waals surface area contributed by atoms with Crippen LogP contribution in [0.25, 0.3) is 0 Å². The molecule has 0 aromatic carbocycles. The summed E-state index contributed by atoms with van der Waals surface area (Å²) in [5, 5.41) is 15.3. The fourth-order valence-electron chi connectivity index (χ4n) is 0.605. The molecule has 0 amide bonds. The smallest absolute Gasteiger partial charge is 0.356 e. The van der Waals surface area contributed by atoms with Crippen molar-refractivity contribution in [2.75, 3.05) is 0 Å². The highest BCUT2D eigenvalue weighted by molar-refractivity contribution is 5.86. The Kier molecular flexibility index (Phi) is 4.60. The summed E-state index contributed by atoms with van der Waals surface area (Å²) in [6.07, 6.45) is 1.46. The van der Waals surface area contributed by atoms with Gasteiger partial charge in [-0.3, -0.25) is 0 Å². The number of aromatic nitrogens is 2. The highest BCUT2D eigenvalue weighted by Crippen LogP contribution is 1.99. The van der Waals surface area contributed by atoms with Gasteiger partial charge in [-0.1, -0.05) is 13.8 Å². The van der Waals surface area contributed by atoms with Gasteiger partial charge in [-0.25, -0.2) is 4.79 Å². The first-order chi connectivity index (χ1) is 5.72. The van der Waals surface area contributed by atoms with E-state index in [0.717, 1.165) is 0 Å². The highest BCUT2D eigenvalue weighted by atomic mass is 16.4. The molecule has 0 saturated heterocycles. The van der Waals surface area contributed by atoms with E-state index in [0.29, 0.717) is 5.56 Å². The van der Waals surface area contributed by atoms with Crippen molar-refractivity contribution < 1.29 is 9.90 Å². The average Bonchev–Trinajstić information content (AvgIpc) is 2.08. The number of hydrogen-bond acceptors (Lipinski definition) is 3. The Labute approximate surface area is 71.3 Å². The van der Waals surface area contributed by atoms with E-state index >= 15 is 0 Å². The van der Waals surface area contributed by atoms with E-state index in [1.807, 2.05) is 13.8 Å². The van der Waals surface area contributed by atoms with E-state index in [4.69, 9.17) is 5.11 Å². The minimum absolute atomic E-state index is 0.0162. The second-order valence-corrected chi connectivity index (χ2v) is 1.87. The molecular weight excluding hydrogens is 156 g/mol. The summed E-state index contributed by atoms with van der Waals surface area (Å²) in [6.45, 7) is 5.68. The Morgan fingerprint density at radius 2 is 2.08 bits per heavy atom. The van der Waals surface area contributed by atoms with Crippen molar-refractivity contribution in [2.24, 2.45) is 0 Å². The standard InChI is InChI=1S/C6H6N2O2.C2H6/c1-4-2-3-7-8-5(4)6(9)10;1-2/h2-3H,1H3,(H,9,10);1-2H3. The summed E-state index contributed by atoms with van der Waals surface area (Å²) >= 11 is 0. The van der Waals surface area contributed by atoms with Crippen molar-refractivity contribution in [2.45, 2.75) is 20.8 Å². The van der Waals surface area contributed by atoms with Gasteiger partial charge in [0.1, 0.15) is 0 Å². The van der Waals surface area contributed by atoms with Gasteiger partial charge in [0.2, 0.25) is 0 Å². The summed E-state index contributed by atoms with van der Waals surface area (Å²) in [7, 11) is 0. The SMILES string of the molecule is CC.Cc1ccnnc1C(=O)O. The van der Waals surface area contributed by atoms with E-state index in [-0.39, 0.29) is 5.69 Å². The first-order valence-corrected chi connectivity index (χ1v) is 3.73. The maximum Gasteiger partial charge on any atom is 0.356 e. The largest absolute Gasteiger partial charge is 0.476 e. The first kappa shape index (κ1) is 10.6. The normalized spacial score (nSPS) is 8.25. The molecule has 1 aromatic rings. The van der Waals surface area contributed by atoms with E-state index < -0.39 is 5.97 Å². The molecular formula is C8H12N2O2. The van der Waals surface area contributed by atoms with Gasteiger partial charge >= 0.3 is 5.97 Å². The van der Waals surface area contributed by atoms with E-state index in [1.54, 1.807) is 13.0 Å². The van der Waals surface area contributed by atoms with Gasteiger partial charge in [-0.2, -0.15) is 5.10 Å². The fraction of sp³-hybridized carbons (Fsp3) is 0.375. The molecule has 0 saturated carbocycles. The van der Waals surface area contributed by atoms with E-state index in [9.17, 15) is 4.79 Å². The van der Waals surface area contributed by atoms with E-state index in [1.165, 1.54) is 6.20 Å². The number of rotatable bonds is 1. The second kappa shape index (κ2) is 5.23. The van der Waals surface area contributed by atoms with Crippen molar-refractivity contribution >= 4 is 5.97 Å². The lowest BCUT2D eigenvalue weighted by Crippen LogP contribution is -2.03. The van der Waals surface area contributed by atoms with Gasteiger partial charge in [0.25, 0.3) is 0 Å². The van der Waals surface area contributed by atoms with Crippen LogP contribution >= 0.6 is 0 Å². The molecule has 0 aliphatic carbocycles. The maximum atomic E-state index is 10.3. The summed E-state index contributed by atoms with van der Waals surface area (Å²) in [5.74, 6) is -1.04. The van der Waals surface area contributed by atoms with Gasteiger partial charge in [0, 0.05) is 6.20 Å². The minimum atomic E-state index is -1.04. The van der Waals surface area contributed by atoms with Crippen LogP contribution in [0.4, 0.5) is 0 Å². The number of nitrogens with zero attached hydrogens (tertiary/aromatic N) is 2. The molecule has 1 aromatic heterocycles. The number of carboxylic acids is 1. The minimum Gasteiger partial charge on any atom is -0.476 e. The van der Waals surface area contributed by atoms with Gasteiger partial charge in [-0.15, -0.1) is 5.10 Å². The van der Waals surface area contributed by atoms with Gasteiger partial charge in [0.15, 0.2) is 5.69 Å². The van der Waals surface area contributed by atoms with Gasteiger partial charge < -0.3 is 5.11 Å².